The molecule has 16 heavy (non-hydrogen) atoms. The van der Waals surface area contributed by atoms with Crippen molar-refractivity contribution in [2.45, 2.75) is 20.0 Å². The number of halogens is 1. The van der Waals surface area contributed by atoms with E-state index in [1.54, 1.807) is 6.20 Å². The van der Waals surface area contributed by atoms with E-state index in [4.69, 9.17) is 16.3 Å². The van der Waals surface area contributed by atoms with E-state index in [2.05, 4.69) is 24.0 Å². The van der Waals surface area contributed by atoms with Gasteiger partial charge in [0.15, 0.2) is 4.47 Å². The van der Waals surface area contributed by atoms with Crippen LogP contribution in [0.25, 0.3) is 0 Å². The summed E-state index contributed by atoms with van der Waals surface area (Å²) in [5.41, 5.74) is 1.28. The maximum absolute atomic E-state index is 5.74. The Balaban J connectivity index is 1.99. The lowest BCUT2D eigenvalue weighted by Crippen LogP contribution is -1.93. The SMILES string of the molecule is CCc1cccc(OCc2cnc(Cl)s2)c1. The van der Waals surface area contributed by atoms with Crippen LogP contribution in [0.2, 0.25) is 4.47 Å². The predicted octanol–water partition coefficient (Wildman–Crippen LogP) is 3.94. The lowest BCUT2D eigenvalue weighted by atomic mass is 10.2. The molecule has 0 spiro atoms. The van der Waals surface area contributed by atoms with Gasteiger partial charge in [0.05, 0.1) is 4.88 Å². The highest BCUT2D eigenvalue weighted by Gasteiger charge is 2.01. The Hall–Kier alpha value is -1.06. The summed E-state index contributed by atoms with van der Waals surface area (Å²) >= 11 is 7.19. The minimum Gasteiger partial charge on any atom is -0.488 e. The van der Waals surface area contributed by atoms with Crippen molar-refractivity contribution in [3.05, 3.63) is 45.4 Å². The van der Waals surface area contributed by atoms with Crippen LogP contribution in [0.4, 0.5) is 0 Å². The summed E-state index contributed by atoms with van der Waals surface area (Å²) in [6, 6.07) is 8.12. The third-order valence-electron chi connectivity index (χ3n) is 2.21. The first kappa shape index (κ1) is 11.4. The van der Waals surface area contributed by atoms with E-state index in [9.17, 15) is 0 Å². The van der Waals surface area contributed by atoms with Crippen LogP contribution >= 0.6 is 22.9 Å². The molecule has 1 aromatic heterocycles. The zero-order valence-corrected chi connectivity index (χ0v) is 10.5. The molecule has 1 heterocycles. The molecule has 0 N–H and O–H groups in total. The predicted molar refractivity (Wildman–Crippen MR) is 67.3 cm³/mol. The first-order valence-electron chi connectivity index (χ1n) is 5.10. The van der Waals surface area contributed by atoms with Gasteiger partial charge in [0.1, 0.15) is 12.4 Å². The molecule has 2 aromatic rings. The number of hydrogen-bond acceptors (Lipinski definition) is 3. The number of aromatic nitrogens is 1. The Labute approximate surface area is 104 Å². The monoisotopic (exact) mass is 253 g/mol. The molecule has 0 aliphatic heterocycles. The van der Waals surface area contributed by atoms with E-state index < -0.39 is 0 Å². The maximum atomic E-state index is 5.74. The summed E-state index contributed by atoms with van der Waals surface area (Å²) in [6.07, 6.45) is 2.76. The standard InChI is InChI=1S/C12H12ClNOS/c1-2-9-4-3-5-10(6-9)15-8-11-7-14-12(13)16-11/h3-7H,2,8H2,1H3. The molecule has 0 saturated heterocycles. The van der Waals surface area contributed by atoms with E-state index in [0.717, 1.165) is 17.0 Å². The van der Waals surface area contributed by atoms with Crippen LogP contribution in [0, 0.1) is 0 Å². The Bertz CT molecular complexity index is 470. The second kappa shape index (κ2) is 5.32. The average Bonchev–Trinajstić information content (AvgIpc) is 2.73. The van der Waals surface area contributed by atoms with Gasteiger partial charge in [0.25, 0.3) is 0 Å². The average molecular weight is 254 g/mol. The molecule has 0 saturated carbocycles. The van der Waals surface area contributed by atoms with Gasteiger partial charge in [-0.1, -0.05) is 30.7 Å². The van der Waals surface area contributed by atoms with Crippen molar-refractivity contribution >= 4 is 22.9 Å². The third-order valence-corrected chi connectivity index (χ3v) is 3.30. The summed E-state index contributed by atoms with van der Waals surface area (Å²) in [5.74, 6) is 0.892. The normalized spacial score (nSPS) is 10.4. The molecule has 84 valence electrons. The molecule has 2 nitrogen and oxygen atoms in total. The minimum atomic E-state index is 0.525. The highest BCUT2D eigenvalue weighted by Crippen LogP contribution is 2.20. The van der Waals surface area contributed by atoms with Crippen LogP contribution in [0.15, 0.2) is 30.5 Å². The zero-order chi connectivity index (χ0) is 11.4. The van der Waals surface area contributed by atoms with Crippen molar-refractivity contribution in [1.82, 2.24) is 4.98 Å². The van der Waals surface area contributed by atoms with Crippen molar-refractivity contribution in [2.75, 3.05) is 0 Å². The third kappa shape index (κ3) is 2.97. The Kier molecular flexibility index (Phi) is 3.80. The minimum absolute atomic E-state index is 0.525. The van der Waals surface area contributed by atoms with Gasteiger partial charge in [0, 0.05) is 6.20 Å². The summed E-state index contributed by atoms with van der Waals surface area (Å²) < 4.78 is 6.22. The van der Waals surface area contributed by atoms with Crippen LogP contribution in [0.1, 0.15) is 17.4 Å². The molecule has 0 atom stereocenters. The van der Waals surface area contributed by atoms with Crippen molar-refractivity contribution < 1.29 is 4.74 Å². The number of ether oxygens (including phenoxy) is 1. The maximum Gasteiger partial charge on any atom is 0.183 e. The van der Waals surface area contributed by atoms with Crippen LogP contribution in [-0.4, -0.2) is 4.98 Å². The highest BCUT2D eigenvalue weighted by atomic mass is 35.5. The Morgan fingerprint density at radius 1 is 1.44 bits per heavy atom. The van der Waals surface area contributed by atoms with Gasteiger partial charge in [0.2, 0.25) is 0 Å². The molecule has 0 amide bonds. The van der Waals surface area contributed by atoms with E-state index in [-0.39, 0.29) is 0 Å². The van der Waals surface area contributed by atoms with Crippen LogP contribution in [-0.2, 0) is 13.0 Å². The molecule has 4 heteroatoms. The number of benzene rings is 1. The van der Waals surface area contributed by atoms with Gasteiger partial charge < -0.3 is 4.74 Å². The van der Waals surface area contributed by atoms with Crippen molar-refractivity contribution in [2.24, 2.45) is 0 Å². The molecule has 0 fully saturated rings. The van der Waals surface area contributed by atoms with E-state index >= 15 is 0 Å². The summed E-state index contributed by atoms with van der Waals surface area (Å²) in [6.45, 7) is 2.65. The van der Waals surface area contributed by atoms with Crippen LogP contribution < -0.4 is 4.74 Å². The van der Waals surface area contributed by atoms with Gasteiger partial charge in [-0.3, -0.25) is 0 Å². The lowest BCUT2D eigenvalue weighted by molar-refractivity contribution is 0.309. The van der Waals surface area contributed by atoms with E-state index in [1.165, 1.54) is 16.9 Å². The van der Waals surface area contributed by atoms with Gasteiger partial charge in [-0.15, -0.1) is 11.3 Å². The van der Waals surface area contributed by atoms with Crippen molar-refractivity contribution in [1.29, 1.82) is 0 Å². The molecule has 2 rings (SSSR count). The number of hydrogen-bond donors (Lipinski definition) is 0. The fourth-order valence-corrected chi connectivity index (χ4v) is 2.25. The first-order valence-corrected chi connectivity index (χ1v) is 6.29. The molecule has 1 aromatic carbocycles. The quantitative estimate of drug-likeness (QED) is 0.824. The topological polar surface area (TPSA) is 22.1 Å². The van der Waals surface area contributed by atoms with E-state index in [1.807, 2.05) is 12.1 Å². The molecule has 0 aliphatic carbocycles. The summed E-state index contributed by atoms with van der Waals surface area (Å²) in [4.78, 5) is 5.00. The molecule has 0 aliphatic rings. The van der Waals surface area contributed by atoms with Gasteiger partial charge in [-0.05, 0) is 24.1 Å². The highest BCUT2D eigenvalue weighted by molar-refractivity contribution is 7.15. The Morgan fingerprint density at radius 2 is 2.31 bits per heavy atom. The number of aryl methyl sites for hydroxylation is 1. The molecule has 0 bridgehead atoms. The zero-order valence-electron chi connectivity index (χ0n) is 8.94. The van der Waals surface area contributed by atoms with Crippen molar-refractivity contribution in [3.8, 4) is 5.75 Å². The smallest absolute Gasteiger partial charge is 0.183 e. The fraction of sp³-hybridized carbons (Fsp3) is 0.250. The van der Waals surface area contributed by atoms with Gasteiger partial charge >= 0.3 is 0 Å². The largest absolute Gasteiger partial charge is 0.488 e. The number of nitrogens with zero attached hydrogens (tertiary/aromatic N) is 1. The van der Waals surface area contributed by atoms with Crippen LogP contribution in [0.5, 0.6) is 5.75 Å². The number of thiazole rings is 1. The summed E-state index contributed by atoms with van der Waals surface area (Å²) in [5, 5.41) is 0. The van der Waals surface area contributed by atoms with Crippen molar-refractivity contribution in [3.63, 3.8) is 0 Å². The van der Waals surface area contributed by atoms with Gasteiger partial charge in [-0.25, -0.2) is 4.98 Å². The second-order valence-electron chi connectivity index (χ2n) is 3.37. The van der Waals surface area contributed by atoms with Gasteiger partial charge in [-0.2, -0.15) is 0 Å². The second-order valence-corrected chi connectivity index (χ2v) is 5.07. The molecular weight excluding hydrogens is 242 g/mol. The number of rotatable bonds is 4. The Morgan fingerprint density at radius 3 is 3.00 bits per heavy atom. The summed E-state index contributed by atoms with van der Waals surface area (Å²) in [7, 11) is 0. The molecular formula is C12H12ClNOS. The molecule has 0 unspecified atom stereocenters. The lowest BCUT2D eigenvalue weighted by Gasteiger charge is -2.05. The molecule has 0 radical (unpaired) electrons. The first-order chi connectivity index (χ1) is 7.78. The van der Waals surface area contributed by atoms with E-state index in [0.29, 0.717) is 11.1 Å². The van der Waals surface area contributed by atoms with Crippen LogP contribution in [0.3, 0.4) is 0 Å². The fourth-order valence-electron chi connectivity index (χ4n) is 1.36.